The molecular formula is C11H13N9. The van der Waals surface area contributed by atoms with Gasteiger partial charge in [0.05, 0.1) is 6.20 Å². The molecule has 0 saturated carbocycles. The molecule has 0 atom stereocenters. The molecule has 0 aromatic carbocycles. The molecular weight excluding hydrogens is 258 g/mol. The van der Waals surface area contributed by atoms with Crippen LogP contribution in [0.1, 0.15) is 5.56 Å². The third kappa shape index (κ3) is 2.55. The van der Waals surface area contributed by atoms with Gasteiger partial charge in [-0.1, -0.05) is 0 Å². The molecule has 0 unspecified atom stereocenters. The Kier molecular flexibility index (Phi) is 2.99. The summed E-state index contributed by atoms with van der Waals surface area (Å²) in [5, 5.41) is 11.2. The van der Waals surface area contributed by atoms with Crippen LogP contribution in [-0.4, -0.2) is 34.5 Å². The van der Waals surface area contributed by atoms with E-state index in [4.69, 9.17) is 5.73 Å². The Labute approximate surface area is 114 Å². The second kappa shape index (κ2) is 4.96. The molecule has 3 N–H and O–H groups in total. The number of rotatable bonds is 4. The smallest absolute Gasteiger partial charge is 0.257 e. The SMILES string of the molecule is Cn1cc(CNc2nc(N)nc(-n3cccn3)n2)cn1. The maximum Gasteiger partial charge on any atom is 0.257 e. The Morgan fingerprint density at radius 2 is 2.15 bits per heavy atom. The summed E-state index contributed by atoms with van der Waals surface area (Å²) in [6.45, 7) is 0.551. The van der Waals surface area contributed by atoms with Gasteiger partial charge in [0.25, 0.3) is 5.95 Å². The number of aromatic nitrogens is 7. The van der Waals surface area contributed by atoms with Crippen molar-refractivity contribution in [1.29, 1.82) is 0 Å². The second-order valence-electron chi connectivity index (χ2n) is 4.14. The van der Waals surface area contributed by atoms with Gasteiger partial charge in [-0.25, -0.2) is 4.68 Å². The zero-order valence-corrected chi connectivity index (χ0v) is 10.8. The molecule has 0 saturated heterocycles. The largest absolute Gasteiger partial charge is 0.368 e. The maximum atomic E-state index is 5.68. The molecule has 0 aliphatic heterocycles. The predicted molar refractivity (Wildman–Crippen MR) is 71.9 cm³/mol. The van der Waals surface area contributed by atoms with Gasteiger partial charge in [-0.3, -0.25) is 4.68 Å². The summed E-state index contributed by atoms with van der Waals surface area (Å²) in [6, 6.07) is 1.78. The molecule has 0 aliphatic carbocycles. The van der Waals surface area contributed by atoms with E-state index in [0.717, 1.165) is 5.56 Å². The van der Waals surface area contributed by atoms with Crippen LogP contribution in [0.2, 0.25) is 0 Å². The van der Waals surface area contributed by atoms with E-state index in [1.165, 1.54) is 4.68 Å². The highest BCUT2D eigenvalue weighted by atomic mass is 15.4. The van der Waals surface area contributed by atoms with Gasteiger partial charge in [0, 0.05) is 37.7 Å². The van der Waals surface area contributed by atoms with Crippen LogP contribution in [0, 0.1) is 0 Å². The standard InChI is InChI=1S/C11H13N9/c1-19-7-8(6-15-19)5-13-10-16-9(12)17-11(18-10)20-4-2-3-14-20/h2-4,6-7H,5H2,1H3,(H3,12,13,16,17,18). The van der Waals surface area contributed by atoms with Crippen molar-refractivity contribution in [3.63, 3.8) is 0 Å². The normalized spacial score (nSPS) is 10.7. The molecule has 0 aliphatic rings. The molecule has 0 bridgehead atoms. The molecule has 9 heteroatoms. The van der Waals surface area contributed by atoms with Crippen molar-refractivity contribution < 1.29 is 0 Å². The molecule has 9 nitrogen and oxygen atoms in total. The van der Waals surface area contributed by atoms with Crippen LogP contribution in [0.3, 0.4) is 0 Å². The molecule has 0 radical (unpaired) electrons. The molecule has 3 rings (SSSR count). The third-order valence-corrected chi connectivity index (χ3v) is 2.56. The monoisotopic (exact) mass is 271 g/mol. The molecule has 0 spiro atoms. The van der Waals surface area contributed by atoms with E-state index in [1.807, 2.05) is 13.2 Å². The van der Waals surface area contributed by atoms with Gasteiger partial charge in [-0.05, 0) is 6.07 Å². The van der Waals surface area contributed by atoms with Gasteiger partial charge < -0.3 is 11.1 Å². The minimum Gasteiger partial charge on any atom is -0.368 e. The average Bonchev–Trinajstić information content (AvgIpc) is 3.07. The molecule has 102 valence electrons. The number of nitrogens with zero attached hydrogens (tertiary/aromatic N) is 7. The van der Waals surface area contributed by atoms with Crippen molar-refractivity contribution in [2.75, 3.05) is 11.1 Å². The van der Waals surface area contributed by atoms with E-state index in [9.17, 15) is 0 Å². The number of nitrogens with one attached hydrogen (secondary N) is 1. The van der Waals surface area contributed by atoms with Crippen LogP contribution in [0.25, 0.3) is 5.95 Å². The van der Waals surface area contributed by atoms with Crippen molar-refractivity contribution in [1.82, 2.24) is 34.5 Å². The Bertz CT molecular complexity index is 701. The molecule has 3 aromatic rings. The van der Waals surface area contributed by atoms with Crippen LogP contribution in [-0.2, 0) is 13.6 Å². The topological polar surface area (TPSA) is 112 Å². The summed E-state index contributed by atoms with van der Waals surface area (Å²) in [4.78, 5) is 12.3. The molecule has 3 heterocycles. The van der Waals surface area contributed by atoms with Crippen LogP contribution >= 0.6 is 0 Å². The number of hydrogen-bond donors (Lipinski definition) is 2. The number of anilines is 2. The first-order valence-corrected chi connectivity index (χ1v) is 5.94. The lowest BCUT2D eigenvalue weighted by atomic mass is 10.4. The summed E-state index contributed by atoms with van der Waals surface area (Å²) in [5.41, 5.74) is 6.70. The lowest BCUT2D eigenvalue weighted by Gasteiger charge is -2.06. The molecule has 20 heavy (non-hydrogen) atoms. The predicted octanol–water partition coefficient (Wildman–Crippen LogP) is -0.0149. The molecule has 3 aromatic heterocycles. The highest BCUT2D eigenvalue weighted by molar-refractivity contribution is 5.35. The van der Waals surface area contributed by atoms with Crippen molar-refractivity contribution in [2.24, 2.45) is 7.05 Å². The first-order chi connectivity index (χ1) is 9.70. The van der Waals surface area contributed by atoms with Crippen molar-refractivity contribution in [3.8, 4) is 5.95 Å². The van der Waals surface area contributed by atoms with Gasteiger partial charge in [0.1, 0.15) is 0 Å². The van der Waals surface area contributed by atoms with E-state index in [2.05, 4.69) is 30.5 Å². The van der Waals surface area contributed by atoms with Gasteiger partial charge in [-0.2, -0.15) is 25.1 Å². The average molecular weight is 271 g/mol. The zero-order chi connectivity index (χ0) is 13.9. The fourth-order valence-corrected chi connectivity index (χ4v) is 1.69. The maximum absolute atomic E-state index is 5.68. The number of hydrogen-bond acceptors (Lipinski definition) is 7. The molecule has 0 fully saturated rings. The summed E-state index contributed by atoms with van der Waals surface area (Å²) in [6.07, 6.45) is 7.06. The van der Waals surface area contributed by atoms with Crippen LogP contribution in [0.15, 0.2) is 30.9 Å². The Hall–Kier alpha value is -2.97. The second-order valence-corrected chi connectivity index (χ2v) is 4.14. The molecule has 0 amide bonds. The first-order valence-electron chi connectivity index (χ1n) is 5.94. The van der Waals surface area contributed by atoms with Gasteiger partial charge in [-0.15, -0.1) is 0 Å². The van der Waals surface area contributed by atoms with E-state index in [0.29, 0.717) is 18.4 Å². The highest BCUT2D eigenvalue weighted by Gasteiger charge is 2.06. The van der Waals surface area contributed by atoms with Gasteiger partial charge >= 0.3 is 0 Å². The van der Waals surface area contributed by atoms with E-state index >= 15 is 0 Å². The Balaban J connectivity index is 1.79. The fraction of sp³-hybridized carbons (Fsp3) is 0.182. The van der Waals surface area contributed by atoms with Gasteiger partial charge in [0.15, 0.2) is 0 Å². The van der Waals surface area contributed by atoms with E-state index in [1.54, 1.807) is 29.3 Å². The minimum atomic E-state index is 0.138. The highest BCUT2D eigenvalue weighted by Crippen LogP contribution is 2.07. The van der Waals surface area contributed by atoms with Crippen molar-refractivity contribution >= 4 is 11.9 Å². The van der Waals surface area contributed by atoms with Crippen LogP contribution < -0.4 is 11.1 Å². The van der Waals surface area contributed by atoms with Crippen LogP contribution in [0.5, 0.6) is 0 Å². The summed E-state index contributed by atoms with van der Waals surface area (Å²) < 4.78 is 3.25. The van der Waals surface area contributed by atoms with Gasteiger partial charge in [0.2, 0.25) is 11.9 Å². The number of nitrogens with two attached hydrogens (primary N) is 1. The van der Waals surface area contributed by atoms with E-state index in [-0.39, 0.29) is 5.95 Å². The quantitative estimate of drug-likeness (QED) is 0.686. The van der Waals surface area contributed by atoms with Crippen LogP contribution in [0.4, 0.5) is 11.9 Å². The Morgan fingerprint density at radius 1 is 1.25 bits per heavy atom. The van der Waals surface area contributed by atoms with Crippen molar-refractivity contribution in [2.45, 2.75) is 6.54 Å². The first kappa shape index (κ1) is 12.1. The number of aryl methyl sites for hydroxylation is 1. The summed E-state index contributed by atoms with van der Waals surface area (Å²) >= 11 is 0. The lowest BCUT2D eigenvalue weighted by Crippen LogP contribution is -2.11. The third-order valence-electron chi connectivity index (χ3n) is 2.56. The lowest BCUT2D eigenvalue weighted by molar-refractivity contribution is 0.767. The number of nitrogen functional groups attached to an aromatic ring is 1. The fourth-order valence-electron chi connectivity index (χ4n) is 1.69. The van der Waals surface area contributed by atoms with Crippen molar-refractivity contribution in [3.05, 3.63) is 36.4 Å². The summed E-state index contributed by atoms with van der Waals surface area (Å²) in [7, 11) is 1.86. The minimum absolute atomic E-state index is 0.138. The Morgan fingerprint density at radius 3 is 2.85 bits per heavy atom. The summed E-state index contributed by atoms with van der Waals surface area (Å²) in [5.74, 6) is 0.905. The van der Waals surface area contributed by atoms with E-state index < -0.39 is 0 Å². The zero-order valence-electron chi connectivity index (χ0n) is 10.8.